The third-order valence-electron chi connectivity index (χ3n) is 5.88. The monoisotopic (exact) mass is 465 g/mol. The van der Waals surface area contributed by atoms with E-state index in [1.54, 1.807) is 24.4 Å². The Morgan fingerprint density at radius 1 is 1.17 bits per heavy atom. The minimum atomic E-state index is -0.486. The molecular formula is C27H23N5O3. The highest BCUT2D eigenvalue weighted by Gasteiger charge is 2.23. The number of ether oxygens (including phenoxy) is 1. The number of hydrogen-bond acceptors (Lipinski definition) is 7. The molecule has 0 bridgehead atoms. The van der Waals surface area contributed by atoms with Gasteiger partial charge in [-0.05, 0) is 42.7 Å². The van der Waals surface area contributed by atoms with Crippen molar-refractivity contribution < 1.29 is 14.3 Å². The summed E-state index contributed by atoms with van der Waals surface area (Å²) in [5, 5.41) is 8.31. The van der Waals surface area contributed by atoms with E-state index in [4.69, 9.17) is 9.72 Å². The molecule has 1 aliphatic rings. The average molecular weight is 466 g/mol. The Kier molecular flexibility index (Phi) is 5.70. The number of nitrogens with zero attached hydrogens (tertiary/aromatic N) is 3. The quantitative estimate of drug-likeness (QED) is 0.412. The van der Waals surface area contributed by atoms with Crippen LogP contribution in [0.2, 0.25) is 0 Å². The molecule has 0 radical (unpaired) electrons. The molecule has 8 nitrogen and oxygen atoms in total. The van der Waals surface area contributed by atoms with Gasteiger partial charge in [0.25, 0.3) is 0 Å². The normalized spacial score (nSPS) is 14.9. The summed E-state index contributed by atoms with van der Waals surface area (Å²) in [6.45, 7) is 5.83. The molecule has 1 aliphatic heterocycles. The largest absolute Gasteiger partial charge is 0.464 e. The molecule has 1 amide bonds. The summed E-state index contributed by atoms with van der Waals surface area (Å²) in [7, 11) is 1.32. The number of carbonyl (C=O) groups excluding carboxylic acids is 2. The van der Waals surface area contributed by atoms with Gasteiger partial charge in [0.15, 0.2) is 0 Å². The molecule has 2 N–H and O–H groups in total. The molecule has 0 aliphatic carbocycles. The number of aromatic nitrogens is 3. The smallest absolute Gasteiger partial charge is 0.356 e. The fourth-order valence-electron chi connectivity index (χ4n) is 4.19. The molecule has 5 rings (SSSR count). The molecule has 4 heterocycles. The molecule has 174 valence electrons. The van der Waals surface area contributed by atoms with Gasteiger partial charge in [0.1, 0.15) is 5.69 Å². The van der Waals surface area contributed by atoms with Gasteiger partial charge in [-0.3, -0.25) is 9.78 Å². The second kappa shape index (κ2) is 8.98. The van der Waals surface area contributed by atoms with E-state index in [9.17, 15) is 9.59 Å². The van der Waals surface area contributed by atoms with Crippen LogP contribution in [0.3, 0.4) is 0 Å². The van der Waals surface area contributed by atoms with Gasteiger partial charge in [0, 0.05) is 41.4 Å². The summed E-state index contributed by atoms with van der Waals surface area (Å²) in [4.78, 5) is 37.7. The van der Waals surface area contributed by atoms with Crippen LogP contribution >= 0.6 is 0 Å². The molecular weight excluding hydrogens is 442 g/mol. The van der Waals surface area contributed by atoms with Crippen LogP contribution in [0.15, 0.2) is 61.4 Å². The van der Waals surface area contributed by atoms with Gasteiger partial charge in [-0.1, -0.05) is 24.8 Å². The molecule has 0 unspecified atom stereocenters. The summed E-state index contributed by atoms with van der Waals surface area (Å²) in [5.74, 6) is -0.535. The molecule has 0 saturated heterocycles. The molecule has 4 aromatic rings. The van der Waals surface area contributed by atoms with Gasteiger partial charge >= 0.3 is 5.97 Å². The zero-order chi connectivity index (χ0) is 24.5. The lowest BCUT2D eigenvalue weighted by molar-refractivity contribution is -0.116. The first-order valence-corrected chi connectivity index (χ1v) is 11.1. The minimum Gasteiger partial charge on any atom is -0.464 e. The van der Waals surface area contributed by atoms with Crippen molar-refractivity contribution in [3.63, 3.8) is 0 Å². The van der Waals surface area contributed by atoms with E-state index in [2.05, 4.69) is 27.2 Å². The van der Waals surface area contributed by atoms with Gasteiger partial charge in [-0.25, -0.2) is 14.8 Å². The number of nitrogens with one attached hydrogen (secondary N) is 2. The van der Waals surface area contributed by atoms with Crippen LogP contribution in [-0.4, -0.2) is 40.0 Å². The highest BCUT2D eigenvalue weighted by atomic mass is 16.5. The van der Waals surface area contributed by atoms with Gasteiger partial charge in [0.2, 0.25) is 5.91 Å². The lowest BCUT2D eigenvalue weighted by atomic mass is 9.99. The maximum atomic E-state index is 12.3. The van der Waals surface area contributed by atoms with Gasteiger partial charge in [-0.15, -0.1) is 0 Å². The van der Waals surface area contributed by atoms with Crippen LogP contribution in [0.25, 0.3) is 39.4 Å². The highest BCUT2D eigenvalue weighted by molar-refractivity contribution is 6.04. The first-order valence-electron chi connectivity index (χ1n) is 11.1. The van der Waals surface area contributed by atoms with Crippen molar-refractivity contribution >= 4 is 40.1 Å². The summed E-state index contributed by atoms with van der Waals surface area (Å²) in [6, 6.07) is 13.1. The number of fused-ring (bicyclic) bond motifs is 2. The van der Waals surface area contributed by atoms with Gasteiger partial charge in [-0.2, -0.15) is 0 Å². The Morgan fingerprint density at radius 3 is 2.77 bits per heavy atom. The fourth-order valence-corrected chi connectivity index (χ4v) is 4.19. The number of esters is 1. The number of anilines is 2. The summed E-state index contributed by atoms with van der Waals surface area (Å²) in [6.07, 6.45) is 5.44. The molecule has 0 fully saturated rings. The van der Waals surface area contributed by atoms with E-state index < -0.39 is 5.97 Å². The summed E-state index contributed by atoms with van der Waals surface area (Å²) in [5.41, 5.74) is 5.46. The fraction of sp³-hybridized carbons (Fsp3) is 0.148. The lowest BCUT2D eigenvalue weighted by Gasteiger charge is -2.18. The van der Waals surface area contributed by atoms with Crippen molar-refractivity contribution in [3.05, 3.63) is 72.8 Å². The maximum absolute atomic E-state index is 12.3. The second-order valence-corrected chi connectivity index (χ2v) is 8.34. The van der Waals surface area contributed by atoms with Crippen LogP contribution in [0.1, 0.15) is 29.5 Å². The summed E-state index contributed by atoms with van der Waals surface area (Å²) < 4.78 is 4.71. The lowest BCUT2D eigenvalue weighted by Crippen LogP contribution is -2.19. The Hall–Kier alpha value is -4.59. The summed E-state index contributed by atoms with van der Waals surface area (Å²) >= 11 is 0. The van der Waals surface area contributed by atoms with Crippen molar-refractivity contribution in [1.29, 1.82) is 0 Å². The number of benzene rings is 1. The third kappa shape index (κ3) is 4.21. The number of rotatable bonds is 4. The Balaban J connectivity index is 1.62. The van der Waals surface area contributed by atoms with Crippen LogP contribution in [0, 0.1) is 0 Å². The second-order valence-electron chi connectivity index (χ2n) is 8.34. The number of methoxy groups -OCH3 is 1. The van der Waals surface area contributed by atoms with Crippen LogP contribution in [-0.2, 0) is 9.53 Å². The number of pyridine rings is 3. The number of carbonyl (C=O) groups is 2. The van der Waals surface area contributed by atoms with Gasteiger partial charge < -0.3 is 15.4 Å². The Bertz CT molecular complexity index is 1480. The molecule has 0 spiro atoms. The van der Waals surface area contributed by atoms with Crippen molar-refractivity contribution in [1.82, 2.24) is 15.0 Å². The Labute approximate surface area is 202 Å². The van der Waals surface area contributed by atoms with E-state index in [-0.39, 0.29) is 17.6 Å². The zero-order valence-corrected chi connectivity index (χ0v) is 19.3. The molecule has 8 heteroatoms. The first kappa shape index (κ1) is 22.2. The predicted octanol–water partition coefficient (Wildman–Crippen LogP) is 4.93. The molecule has 0 saturated carbocycles. The molecule has 3 aromatic heterocycles. The topological polar surface area (TPSA) is 106 Å². The zero-order valence-electron chi connectivity index (χ0n) is 19.3. The van der Waals surface area contributed by atoms with E-state index in [0.717, 1.165) is 39.0 Å². The van der Waals surface area contributed by atoms with E-state index in [0.29, 0.717) is 17.8 Å². The predicted molar refractivity (Wildman–Crippen MR) is 136 cm³/mol. The number of amides is 1. The van der Waals surface area contributed by atoms with E-state index in [1.807, 2.05) is 43.5 Å². The highest BCUT2D eigenvalue weighted by Crippen LogP contribution is 2.39. The van der Waals surface area contributed by atoms with E-state index in [1.165, 1.54) is 7.11 Å². The maximum Gasteiger partial charge on any atom is 0.356 e. The van der Waals surface area contributed by atoms with Crippen LogP contribution in [0.4, 0.5) is 11.4 Å². The van der Waals surface area contributed by atoms with Gasteiger partial charge in [0.05, 0.1) is 35.6 Å². The van der Waals surface area contributed by atoms with Crippen molar-refractivity contribution in [3.8, 4) is 22.5 Å². The molecule has 1 atom stereocenters. The van der Waals surface area contributed by atoms with E-state index >= 15 is 0 Å². The standard InChI is InChI=1S/C27H23N5O3/c1-4-18-12-23-26(30-15(2)10-24(33)32-23)25(31-18)19-7-5-6-16-11-22(29-14-20(16)19)17-8-9-21(28-13-17)27(34)35-3/h4-9,11-15,30H,1,10H2,2-3H3,(H,32,33)/t15-/m1/s1. The first-order chi connectivity index (χ1) is 17.0. The molecule has 35 heavy (non-hydrogen) atoms. The average Bonchev–Trinajstić information content (AvgIpc) is 3.03. The van der Waals surface area contributed by atoms with Crippen LogP contribution < -0.4 is 10.6 Å². The number of hydrogen-bond donors (Lipinski definition) is 2. The van der Waals surface area contributed by atoms with Crippen LogP contribution in [0.5, 0.6) is 0 Å². The van der Waals surface area contributed by atoms with Crippen molar-refractivity contribution in [2.24, 2.45) is 0 Å². The SMILES string of the molecule is C=Cc1cc2c(c(-c3cccc4cc(-c5ccc(C(=O)OC)nc5)ncc34)n1)N[C@H](C)CC(=O)N2. The minimum absolute atomic E-state index is 0.0491. The Morgan fingerprint density at radius 2 is 2.03 bits per heavy atom. The van der Waals surface area contributed by atoms with Crippen molar-refractivity contribution in [2.75, 3.05) is 17.7 Å². The third-order valence-corrected chi connectivity index (χ3v) is 5.88. The molecule has 1 aromatic carbocycles. The van der Waals surface area contributed by atoms with Crippen molar-refractivity contribution in [2.45, 2.75) is 19.4 Å².